The highest BCUT2D eigenvalue weighted by molar-refractivity contribution is 7.87. The van der Waals surface area contributed by atoms with E-state index < -0.39 is 15.7 Å². The third kappa shape index (κ3) is 3.64. The number of ether oxygens (including phenoxy) is 2. The Morgan fingerprint density at radius 3 is 2.20 bits per heavy atom. The third-order valence-corrected chi connectivity index (χ3v) is 4.76. The number of methoxy groups -OCH3 is 1. The van der Waals surface area contributed by atoms with Gasteiger partial charge in [-0.1, -0.05) is 0 Å². The fourth-order valence-electron chi connectivity index (χ4n) is 2.34. The van der Waals surface area contributed by atoms with E-state index in [2.05, 4.69) is 0 Å². The highest BCUT2D eigenvalue weighted by Gasteiger charge is 2.42. The summed E-state index contributed by atoms with van der Waals surface area (Å²) >= 11 is 0. The van der Waals surface area contributed by atoms with Gasteiger partial charge >= 0.3 is 10.1 Å². The molecule has 1 aromatic carbocycles. The molecule has 0 atom stereocenters. The van der Waals surface area contributed by atoms with Crippen LogP contribution in [0.3, 0.4) is 0 Å². The van der Waals surface area contributed by atoms with E-state index in [9.17, 15) is 8.42 Å². The van der Waals surface area contributed by atoms with Gasteiger partial charge in [-0.25, -0.2) is 0 Å². The second-order valence-electron chi connectivity index (χ2n) is 4.93. The average molecular weight is 300 g/mol. The molecule has 2 rings (SSSR count). The molecule has 6 heteroatoms. The van der Waals surface area contributed by atoms with Gasteiger partial charge in [0.25, 0.3) is 0 Å². The van der Waals surface area contributed by atoms with Gasteiger partial charge in [-0.15, -0.1) is 0 Å². The van der Waals surface area contributed by atoms with Crippen molar-refractivity contribution in [1.82, 2.24) is 0 Å². The fraction of sp³-hybridized carbons (Fsp3) is 0.571. The van der Waals surface area contributed by atoms with Crippen LogP contribution in [0.4, 0.5) is 0 Å². The Hall–Kier alpha value is -1.27. The Labute approximate surface area is 120 Å². The summed E-state index contributed by atoms with van der Waals surface area (Å²) in [5.41, 5.74) is -0.556. The topological polar surface area (TPSA) is 61.8 Å². The predicted molar refractivity (Wildman–Crippen MR) is 75.6 cm³/mol. The molecule has 1 saturated carbocycles. The molecule has 1 aliphatic carbocycles. The van der Waals surface area contributed by atoms with Crippen LogP contribution in [0.5, 0.6) is 11.5 Å². The number of hydrogen-bond acceptors (Lipinski definition) is 5. The molecule has 5 nitrogen and oxygen atoms in total. The number of benzene rings is 1. The first-order valence-electron chi connectivity index (χ1n) is 6.69. The third-order valence-electron chi connectivity index (χ3n) is 3.44. The van der Waals surface area contributed by atoms with E-state index in [1.165, 1.54) is 0 Å². The van der Waals surface area contributed by atoms with Gasteiger partial charge < -0.3 is 13.7 Å². The van der Waals surface area contributed by atoms with E-state index in [4.69, 9.17) is 13.7 Å². The van der Waals surface area contributed by atoms with Crippen LogP contribution < -0.4 is 8.92 Å². The summed E-state index contributed by atoms with van der Waals surface area (Å²) in [6.07, 6.45) is 2.54. The zero-order valence-corrected chi connectivity index (χ0v) is 12.6. The molecule has 1 fully saturated rings. The van der Waals surface area contributed by atoms with Crippen LogP contribution in [-0.4, -0.2) is 33.5 Å². The summed E-state index contributed by atoms with van der Waals surface area (Å²) in [5, 5.41) is 0. The minimum Gasteiger partial charge on any atom is -0.497 e. The Morgan fingerprint density at radius 1 is 1.15 bits per heavy atom. The van der Waals surface area contributed by atoms with E-state index in [0.29, 0.717) is 12.4 Å². The van der Waals surface area contributed by atoms with E-state index in [1.807, 2.05) is 6.92 Å². The summed E-state index contributed by atoms with van der Waals surface area (Å²) in [5.74, 6) is 0.844. The average Bonchev–Trinajstić information content (AvgIpc) is 2.36. The monoisotopic (exact) mass is 300 g/mol. The first-order chi connectivity index (χ1) is 9.49. The maximum Gasteiger partial charge on any atom is 0.312 e. The summed E-state index contributed by atoms with van der Waals surface area (Å²) in [6.45, 7) is 2.38. The largest absolute Gasteiger partial charge is 0.497 e. The van der Waals surface area contributed by atoms with Crippen molar-refractivity contribution in [2.45, 2.75) is 31.8 Å². The second-order valence-corrected chi connectivity index (χ2v) is 6.50. The Bertz CT molecular complexity index is 531. The molecular weight excluding hydrogens is 280 g/mol. The molecular formula is C14H20O5S. The minimum atomic E-state index is -3.66. The summed E-state index contributed by atoms with van der Waals surface area (Å²) in [6, 6.07) is 6.47. The molecule has 112 valence electrons. The number of rotatable bonds is 7. The van der Waals surface area contributed by atoms with Crippen LogP contribution in [0, 0.1) is 0 Å². The molecule has 0 bridgehead atoms. The maximum absolute atomic E-state index is 12.1. The molecule has 0 spiro atoms. The Balaban J connectivity index is 2.02. The van der Waals surface area contributed by atoms with Crippen LogP contribution in [0.2, 0.25) is 0 Å². The van der Waals surface area contributed by atoms with Crippen LogP contribution in [0.1, 0.15) is 26.2 Å². The zero-order chi connectivity index (χ0) is 14.6. The van der Waals surface area contributed by atoms with Gasteiger partial charge in [0.15, 0.2) is 0 Å². The smallest absolute Gasteiger partial charge is 0.312 e. The molecule has 20 heavy (non-hydrogen) atoms. The molecule has 1 aliphatic rings. The van der Waals surface area contributed by atoms with Crippen LogP contribution >= 0.6 is 0 Å². The van der Waals surface area contributed by atoms with E-state index >= 15 is 0 Å². The quantitative estimate of drug-likeness (QED) is 0.723. The predicted octanol–water partition coefficient (Wildman–Crippen LogP) is 2.36. The molecule has 0 saturated heterocycles. The molecule has 0 aliphatic heterocycles. The van der Waals surface area contributed by atoms with Crippen molar-refractivity contribution in [3.63, 3.8) is 0 Å². The first kappa shape index (κ1) is 15.1. The number of hydrogen-bond donors (Lipinski definition) is 0. The van der Waals surface area contributed by atoms with Crippen LogP contribution in [-0.2, 0) is 14.9 Å². The highest BCUT2D eigenvalue weighted by atomic mass is 32.2. The van der Waals surface area contributed by atoms with Gasteiger partial charge in [-0.3, -0.25) is 0 Å². The van der Waals surface area contributed by atoms with Crippen LogP contribution in [0.15, 0.2) is 24.3 Å². The summed E-state index contributed by atoms with van der Waals surface area (Å²) < 4.78 is 39.9. The molecule has 0 aromatic heterocycles. The van der Waals surface area contributed by atoms with E-state index in [1.54, 1.807) is 31.4 Å². The molecule has 0 N–H and O–H groups in total. The van der Waals surface area contributed by atoms with Crippen molar-refractivity contribution in [2.24, 2.45) is 0 Å². The van der Waals surface area contributed by atoms with Crippen molar-refractivity contribution in [3.05, 3.63) is 24.3 Å². The lowest BCUT2D eigenvalue weighted by Gasteiger charge is -2.40. The molecule has 1 aromatic rings. The second kappa shape index (κ2) is 6.01. The lowest BCUT2D eigenvalue weighted by Crippen LogP contribution is -2.47. The van der Waals surface area contributed by atoms with Crippen molar-refractivity contribution in [3.8, 4) is 11.5 Å². The highest BCUT2D eigenvalue weighted by Crippen LogP contribution is 2.37. The van der Waals surface area contributed by atoms with Gasteiger partial charge in [-0.2, -0.15) is 8.42 Å². The lowest BCUT2D eigenvalue weighted by atomic mass is 9.82. The minimum absolute atomic E-state index is 0.0974. The van der Waals surface area contributed by atoms with E-state index in [0.717, 1.165) is 19.3 Å². The van der Waals surface area contributed by atoms with Gasteiger partial charge in [0.2, 0.25) is 0 Å². The fourth-order valence-corrected chi connectivity index (χ4v) is 3.82. The van der Waals surface area contributed by atoms with Crippen LogP contribution in [0.25, 0.3) is 0 Å². The zero-order valence-electron chi connectivity index (χ0n) is 11.8. The summed E-state index contributed by atoms with van der Waals surface area (Å²) in [7, 11) is -2.11. The lowest BCUT2D eigenvalue weighted by molar-refractivity contribution is -0.0775. The van der Waals surface area contributed by atoms with Gasteiger partial charge in [0, 0.05) is 6.61 Å². The van der Waals surface area contributed by atoms with Gasteiger partial charge in [0.05, 0.1) is 12.7 Å². The van der Waals surface area contributed by atoms with E-state index in [-0.39, 0.29) is 11.5 Å². The molecule has 0 amide bonds. The SMILES string of the molecule is CCOC1(CS(=O)(=O)Oc2ccc(OC)cc2)CCC1. The van der Waals surface area contributed by atoms with Gasteiger partial charge in [-0.05, 0) is 50.5 Å². The maximum atomic E-state index is 12.1. The van der Waals surface area contributed by atoms with Crippen molar-refractivity contribution in [1.29, 1.82) is 0 Å². The molecule has 0 heterocycles. The van der Waals surface area contributed by atoms with Crippen molar-refractivity contribution < 1.29 is 22.1 Å². The van der Waals surface area contributed by atoms with Gasteiger partial charge in [0.1, 0.15) is 17.3 Å². The first-order valence-corrected chi connectivity index (χ1v) is 8.26. The van der Waals surface area contributed by atoms with Crippen molar-refractivity contribution in [2.75, 3.05) is 19.5 Å². The Kier molecular flexibility index (Phi) is 4.55. The molecule has 0 radical (unpaired) electrons. The normalized spacial score (nSPS) is 17.3. The standard InChI is InChI=1S/C14H20O5S/c1-3-18-14(9-4-10-14)11-20(15,16)19-13-7-5-12(17-2)6-8-13/h5-8H,3-4,9-11H2,1-2H3. The van der Waals surface area contributed by atoms with Crippen molar-refractivity contribution >= 4 is 10.1 Å². The molecule has 0 unspecified atom stereocenters. The summed E-state index contributed by atoms with van der Waals surface area (Å²) in [4.78, 5) is 0. The Morgan fingerprint density at radius 2 is 1.75 bits per heavy atom.